The van der Waals surface area contributed by atoms with E-state index in [1.807, 2.05) is 0 Å². The van der Waals surface area contributed by atoms with Crippen molar-refractivity contribution in [3.63, 3.8) is 0 Å². The molecule has 1 fully saturated rings. The Bertz CT molecular complexity index is 492. The van der Waals surface area contributed by atoms with Crippen LogP contribution in [-0.4, -0.2) is 23.1 Å². The largest absolute Gasteiger partial charge is 0.370 e. The second-order valence-corrected chi connectivity index (χ2v) is 7.55. The molecule has 0 unspecified atom stereocenters. The predicted molar refractivity (Wildman–Crippen MR) is 89.8 cm³/mol. The molecule has 1 aromatic rings. The van der Waals surface area contributed by atoms with Crippen molar-refractivity contribution >= 4 is 11.6 Å². The van der Waals surface area contributed by atoms with E-state index in [0.29, 0.717) is 22.7 Å². The Hall–Kier alpha value is -1.32. The lowest BCUT2D eigenvalue weighted by atomic mass is 10.0. The van der Waals surface area contributed by atoms with Crippen molar-refractivity contribution in [1.29, 1.82) is 0 Å². The van der Waals surface area contributed by atoms with Gasteiger partial charge in [-0.2, -0.15) is 0 Å². The van der Waals surface area contributed by atoms with Gasteiger partial charge in [-0.25, -0.2) is 9.97 Å². The lowest BCUT2D eigenvalue weighted by Gasteiger charge is -2.17. The number of nitrogens with zero attached hydrogens (tertiary/aromatic N) is 2. The molecule has 0 amide bonds. The maximum Gasteiger partial charge on any atom is 0.134 e. The molecule has 1 aliphatic carbocycles. The predicted octanol–water partition coefficient (Wildman–Crippen LogP) is 4.13. The van der Waals surface area contributed by atoms with Crippen molar-refractivity contribution < 1.29 is 0 Å². The number of rotatable bonds is 6. The Labute approximate surface area is 129 Å². The third-order valence-electron chi connectivity index (χ3n) is 5.60. The molecule has 21 heavy (non-hydrogen) atoms. The van der Waals surface area contributed by atoms with Crippen LogP contribution in [0.4, 0.5) is 11.6 Å². The Morgan fingerprint density at radius 3 is 2.00 bits per heavy atom. The van der Waals surface area contributed by atoms with Crippen LogP contribution in [0, 0.1) is 16.7 Å². The fourth-order valence-corrected chi connectivity index (χ4v) is 3.43. The molecule has 0 bridgehead atoms. The third-order valence-corrected chi connectivity index (χ3v) is 5.60. The number of hydrogen-bond donors (Lipinski definition) is 2. The zero-order valence-corrected chi connectivity index (χ0v) is 14.5. The highest BCUT2D eigenvalue weighted by atomic mass is 15.1. The van der Waals surface area contributed by atoms with Gasteiger partial charge in [-0.1, -0.05) is 41.5 Å². The van der Waals surface area contributed by atoms with Gasteiger partial charge in [0.05, 0.1) is 0 Å². The molecular formula is C17H30N4. The Morgan fingerprint density at radius 1 is 1.05 bits per heavy atom. The van der Waals surface area contributed by atoms with Crippen LogP contribution in [0.15, 0.2) is 6.33 Å². The van der Waals surface area contributed by atoms with E-state index < -0.39 is 0 Å². The Balaban J connectivity index is 2.16. The lowest BCUT2D eigenvalue weighted by molar-refractivity contribution is 0.457. The highest BCUT2D eigenvalue weighted by Crippen LogP contribution is 2.68. The quantitative estimate of drug-likeness (QED) is 0.827. The first-order valence-electron chi connectivity index (χ1n) is 8.06. The number of hydrogen-bond acceptors (Lipinski definition) is 4. The molecule has 0 radical (unpaired) electrons. The summed E-state index contributed by atoms with van der Waals surface area (Å²) >= 11 is 0. The second kappa shape index (κ2) is 5.47. The van der Waals surface area contributed by atoms with Gasteiger partial charge in [-0.05, 0) is 29.6 Å². The Kier molecular flexibility index (Phi) is 4.18. The summed E-state index contributed by atoms with van der Waals surface area (Å²) in [6, 6.07) is 0. The smallest absolute Gasteiger partial charge is 0.134 e. The molecule has 4 heteroatoms. The zero-order chi connectivity index (χ0) is 15.8. The monoisotopic (exact) mass is 290 g/mol. The van der Waals surface area contributed by atoms with Crippen LogP contribution in [-0.2, 0) is 0 Å². The van der Waals surface area contributed by atoms with Crippen molar-refractivity contribution in [3.05, 3.63) is 11.9 Å². The molecule has 1 heterocycles. The van der Waals surface area contributed by atoms with Crippen molar-refractivity contribution in [3.8, 4) is 0 Å². The molecule has 0 aliphatic heterocycles. The normalized spacial score (nSPS) is 19.6. The molecule has 118 valence electrons. The minimum atomic E-state index is 0.392. The topological polar surface area (TPSA) is 49.8 Å². The van der Waals surface area contributed by atoms with Gasteiger partial charge in [0.1, 0.15) is 18.0 Å². The minimum absolute atomic E-state index is 0.392. The highest BCUT2D eigenvalue weighted by Gasteiger charge is 2.64. The van der Waals surface area contributed by atoms with E-state index >= 15 is 0 Å². The average molecular weight is 290 g/mol. The summed E-state index contributed by atoms with van der Waals surface area (Å²) in [5.74, 6) is 3.01. The summed E-state index contributed by atoms with van der Waals surface area (Å²) in [6.07, 6.45) is 1.65. The SMILES string of the molecule is CCNc1ncnc(NCC2C(C)(C)C2(C)C)c1C(C)C. The van der Waals surface area contributed by atoms with Crippen molar-refractivity contribution in [2.24, 2.45) is 16.7 Å². The first-order chi connectivity index (χ1) is 9.73. The highest BCUT2D eigenvalue weighted by molar-refractivity contribution is 5.59. The van der Waals surface area contributed by atoms with Gasteiger partial charge in [0, 0.05) is 18.7 Å². The van der Waals surface area contributed by atoms with E-state index in [2.05, 4.69) is 69.1 Å². The van der Waals surface area contributed by atoms with Gasteiger partial charge < -0.3 is 10.6 Å². The summed E-state index contributed by atoms with van der Waals surface area (Å²) in [5, 5.41) is 6.92. The summed E-state index contributed by atoms with van der Waals surface area (Å²) in [6.45, 7) is 17.7. The van der Waals surface area contributed by atoms with Crippen LogP contribution in [0.25, 0.3) is 0 Å². The van der Waals surface area contributed by atoms with Gasteiger partial charge in [0.15, 0.2) is 0 Å². The van der Waals surface area contributed by atoms with E-state index in [0.717, 1.165) is 24.7 Å². The van der Waals surface area contributed by atoms with Gasteiger partial charge in [-0.3, -0.25) is 0 Å². The maximum atomic E-state index is 4.48. The number of anilines is 2. The van der Waals surface area contributed by atoms with E-state index in [9.17, 15) is 0 Å². The van der Waals surface area contributed by atoms with Crippen LogP contribution in [0.1, 0.15) is 59.9 Å². The van der Waals surface area contributed by atoms with Gasteiger partial charge >= 0.3 is 0 Å². The second-order valence-electron chi connectivity index (χ2n) is 7.55. The zero-order valence-electron chi connectivity index (χ0n) is 14.5. The third kappa shape index (κ3) is 2.72. The molecule has 1 aliphatic rings. The van der Waals surface area contributed by atoms with Crippen molar-refractivity contribution in [2.45, 2.75) is 54.4 Å². The first kappa shape index (κ1) is 16.1. The van der Waals surface area contributed by atoms with Gasteiger partial charge in [-0.15, -0.1) is 0 Å². The summed E-state index contributed by atoms with van der Waals surface area (Å²) in [4.78, 5) is 8.86. The molecule has 0 spiro atoms. The van der Waals surface area contributed by atoms with Crippen molar-refractivity contribution in [2.75, 3.05) is 23.7 Å². The van der Waals surface area contributed by atoms with E-state index in [-0.39, 0.29) is 0 Å². The summed E-state index contributed by atoms with van der Waals surface area (Å²) in [7, 11) is 0. The fraction of sp³-hybridized carbons (Fsp3) is 0.765. The van der Waals surface area contributed by atoms with E-state index in [4.69, 9.17) is 0 Å². The maximum absolute atomic E-state index is 4.48. The fourth-order valence-electron chi connectivity index (χ4n) is 3.43. The lowest BCUT2D eigenvalue weighted by Crippen LogP contribution is -2.14. The van der Waals surface area contributed by atoms with Crippen LogP contribution in [0.2, 0.25) is 0 Å². The van der Waals surface area contributed by atoms with Crippen LogP contribution >= 0.6 is 0 Å². The van der Waals surface area contributed by atoms with Gasteiger partial charge in [0.2, 0.25) is 0 Å². The first-order valence-corrected chi connectivity index (χ1v) is 8.06. The molecule has 0 aromatic carbocycles. The average Bonchev–Trinajstić information content (AvgIpc) is 2.77. The molecule has 2 rings (SSSR count). The molecule has 2 N–H and O–H groups in total. The molecule has 1 saturated carbocycles. The van der Waals surface area contributed by atoms with Crippen LogP contribution < -0.4 is 10.6 Å². The van der Waals surface area contributed by atoms with E-state index in [1.165, 1.54) is 5.56 Å². The minimum Gasteiger partial charge on any atom is -0.370 e. The summed E-state index contributed by atoms with van der Waals surface area (Å²) in [5.41, 5.74) is 1.99. The number of nitrogens with one attached hydrogen (secondary N) is 2. The van der Waals surface area contributed by atoms with Crippen molar-refractivity contribution in [1.82, 2.24) is 9.97 Å². The molecule has 0 atom stereocenters. The van der Waals surface area contributed by atoms with Crippen LogP contribution in [0.5, 0.6) is 0 Å². The van der Waals surface area contributed by atoms with Crippen LogP contribution in [0.3, 0.4) is 0 Å². The summed E-state index contributed by atoms with van der Waals surface area (Å²) < 4.78 is 0. The van der Waals surface area contributed by atoms with E-state index in [1.54, 1.807) is 6.33 Å². The standard InChI is InChI=1S/C17H30N4/c1-8-18-14-13(11(2)3)15(21-10-20-14)19-9-12-16(4,5)17(12,6)7/h10-12H,8-9H2,1-7H3,(H2,18,19,20,21). The molecule has 1 aromatic heterocycles. The molecule has 0 saturated heterocycles. The molecular weight excluding hydrogens is 260 g/mol. The number of aromatic nitrogens is 2. The Morgan fingerprint density at radius 2 is 1.57 bits per heavy atom. The molecule has 4 nitrogen and oxygen atoms in total. The van der Waals surface area contributed by atoms with Gasteiger partial charge in [0.25, 0.3) is 0 Å².